The Kier molecular flexibility index (Phi) is 5.25. The normalized spacial score (nSPS) is 21.4. The van der Waals surface area contributed by atoms with E-state index in [1.807, 2.05) is 0 Å². The average Bonchev–Trinajstić information content (AvgIpc) is 2.40. The molecule has 0 saturated carbocycles. The van der Waals surface area contributed by atoms with Crippen LogP contribution in [0.25, 0.3) is 0 Å². The summed E-state index contributed by atoms with van der Waals surface area (Å²) in [6, 6.07) is 10.9. The summed E-state index contributed by atoms with van der Waals surface area (Å²) in [5.74, 6) is 1.78. The van der Waals surface area contributed by atoms with Crippen molar-refractivity contribution in [2.45, 2.75) is 39.5 Å². The first kappa shape index (κ1) is 13.6. The predicted octanol–water partition coefficient (Wildman–Crippen LogP) is 3.99. The van der Waals surface area contributed by atoms with Crippen molar-refractivity contribution in [3.8, 4) is 0 Å². The van der Waals surface area contributed by atoms with Gasteiger partial charge >= 0.3 is 0 Å². The third kappa shape index (κ3) is 4.13. The number of piperidine rings is 1. The second-order valence-corrected chi connectivity index (χ2v) is 6.04. The van der Waals surface area contributed by atoms with Gasteiger partial charge in [0.15, 0.2) is 0 Å². The van der Waals surface area contributed by atoms with Crippen LogP contribution in [0.5, 0.6) is 0 Å². The summed E-state index contributed by atoms with van der Waals surface area (Å²) >= 11 is 0. The molecule has 1 fully saturated rings. The van der Waals surface area contributed by atoms with Crippen LogP contribution in [-0.4, -0.2) is 24.5 Å². The van der Waals surface area contributed by atoms with E-state index in [0.717, 1.165) is 11.8 Å². The van der Waals surface area contributed by atoms with Crippen molar-refractivity contribution in [1.82, 2.24) is 4.90 Å². The molecule has 0 N–H and O–H groups in total. The molecule has 2 rings (SSSR count). The predicted molar refractivity (Wildman–Crippen MR) is 78.8 cm³/mol. The van der Waals surface area contributed by atoms with Gasteiger partial charge < -0.3 is 4.90 Å². The van der Waals surface area contributed by atoms with Crippen molar-refractivity contribution in [2.75, 3.05) is 19.6 Å². The number of hydrogen-bond acceptors (Lipinski definition) is 1. The van der Waals surface area contributed by atoms with E-state index in [2.05, 4.69) is 49.1 Å². The fourth-order valence-electron chi connectivity index (χ4n) is 2.99. The Morgan fingerprint density at radius 3 is 2.72 bits per heavy atom. The van der Waals surface area contributed by atoms with E-state index in [9.17, 15) is 0 Å². The molecule has 1 aromatic rings. The number of hydrogen-bond donors (Lipinski definition) is 0. The van der Waals surface area contributed by atoms with Crippen molar-refractivity contribution < 1.29 is 0 Å². The highest BCUT2D eigenvalue weighted by molar-refractivity contribution is 5.14. The van der Waals surface area contributed by atoms with Gasteiger partial charge in [-0.25, -0.2) is 0 Å². The van der Waals surface area contributed by atoms with Crippen LogP contribution in [0.1, 0.15) is 38.7 Å². The van der Waals surface area contributed by atoms with E-state index in [1.165, 1.54) is 50.9 Å². The molecule has 0 aromatic heterocycles. The quantitative estimate of drug-likeness (QED) is 0.758. The van der Waals surface area contributed by atoms with E-state index in [-0.39, 0.29) is 0 Å². The van der Waals surface area contributed by atoms with E-state index in [1.54, 1.807) is 0 Å². The van der Waals surface area contributed by atoms with Gasteiger partial charge in [0.05, 0.1) is 0 Å². The fraction of sp³-hybridized carbons (Fsp3) is 0.647. The Balaban J connectivity index is 1.70. The monoisotopic (exact) mass is 245 g/mol. The van der Waals surface area contributed by atoms with Crippen LogP contribution in [0.3, 0.4) is 0 Å². The highest BCUT2D eigenvalue weighted by Gasteiger charge is 2.21. The molecule has 1 aromatic carbocycles. The van der Waals surface area contributed by atoms with Gasteiger partial charge in [-0.3, -0.25) is 0 Å². The number of benzene rings is 1. The van der Waals surface area contributed by atoms with Crippen LogP contribution in [-0.2, 0) is 6.42 Å². The summed E-state index contributed by atoms with van der Waals surface area (Å²) in [7, 11) is 0. The Hall–Kier alpha value is -0.820. The molecule has 0 amide bonds. The van der Waals surface area contributed by atoms with Crippen LogP contribution in [0, 0.1) is 11.8 Å². The first-order chi connectivity index (χ1) is 8.75. The van der Waals surface area contributed by atoms with Gasteiger partial charge in [0.25, 0.3) is 0 Å². The molecule has 1 nitrogen and oxygen atoms in total. The van der Waals surface area contributed by atoms with Crippen molar-refractivity contribution in [2.24, 2.45) is 11.8 Å². The average molecular weight is 245 g/mol. The molecule has 1 atom stereocenters. The molecule has 1 saturated heterocycles. The summed E-state index contributed by atoms with van der Waals surface area (Å²) in [5.41, 5.74) is 1.48. The van der Waals surface area contributed by atoms with Gasteiger partial charge in [0.1, 0.15) is 0 Å². The van der Waals surface area contributed by atoms with E-state index in [4.69, 9.17) is 0 Å². The highest BCUT2D eigenvalue weighted by Crippen LogP contribution is 2.23. The summed E-state index contributed by atoms with van der Waals surface area (Å²) in [6.45, 7) is 8.67. The molecule has 18 heavy (non-hydrogen) atoms. The zero-order valence-electron chi connectivity index (χ0n) is 11.9. The minimum Gasteiger partial charge on any atom is -0.303 e. The molecule has 1 heterocycles. The van der Waals surface area contributed by atoms with Crippen LogP contribution in [0.15, 0.2) is 30.3 Å². The SMILES string of the molecule is CC(C)C1CCCN(CCCc2ccccc2)C1. The minimum absolute atomic E-state index is 0.849. The number of nitrogens with zero attached hydrogens (tertiary/aromatic N) is 1. The number of aryl methyl sites for hydroxylation is 1. The molecular weight excluding hydrogens is 218 g/mol. The maximum atomic E-state index is 2.68. The maximum Gasteiger partial charge on any atom is 0.00121 e. The molecule has 1 unspecified atom stereocenters. The van der Waals surface area contributed by atoms with E-state index >= 15 is 0 Å². The van der Waals surface area contributed by atoms with Crippen molar-refractivity contribution in [3.05, 3.63) is 35.9 Å². The molecule has 1 heteroatoms. The molecular formula is C17H27N. The van der Waals surface area contributed by atoms with Gasteiger partial charge in [0.2, 0.25) is 0 Å². The summed E-state index contributed by atoms with van der Waals surface area (Å²) < 4.78 is 0. The Morgan fingerprint density at radius 1 is 1.22 bits per heavy atom. The number of likely N-dealkylation sites (tertiary alicyclic amines) is 1. The smallest absolute Gasteiger partial charge is 0.00121 e. The van der Waals surface area contributed by atoms with Gasteiger partial charge in [-0.05, 0) is 56.2 Å². The standard InChI is InChI=1S/C17H27N/c1-15(2)17-11-7-13-18(14-17)12-6-10-16-8-4-3-5-9-16/h3-5,8-9,15,17H,6-7,10-14H2,1-2H3. The second kappa shape index (κ2) is 6.94. The second-order valence-electron chi connectivity index (χ2n) is 6.04. The molecule has 1 aliphatic heterocycles. The third-order valence-corrected chi connectivity index (χ3v) is 4.27. The first-order valence-corrected chi connectivity index (χ1v) is 7.52. The molecule has 0 aliphatic carbocycles. The Labute approximate surface area is 112 Å². The first-order valence-electron chi connectivity index (χ1n) is 7.52. The largest absolute Gasteiger partial charge is 0.303 e. The summed E-state index contributed by atoms with van der Waals surface area (Å²) in [6.07, 6.45) is 5.36. The summed E-state index contributed by atoms with van der Waals surface area (Å²) in [5, 5.41) is 0. The van der Waals surface area contributed by atoms with Crippen LogP contribution >= 0.6 is 0 Å². The van der Waals surface area contributed by atoms with Gasteiger partial charge in [0, 0.05) is 6.54 Å². The lowest BCUT2D eigenvalue weighted by Gasteiger charge is -2.34. The van der Waals surface area contributed by atoms with E-state index in [0.29, 0.717) is 0 Å². The molecule has 0 bridgehead atoms. The van der Waals surface area contributed by atoms with E-state index < -0.39 is 0 Å². The van der Waals surface area contributed by atoms with Gasteiger partial charge in [-0.15, -0.1) is 0 Å². The number of rotatable bonds is 5. The molecule has 0 radical (unpaired) electrons. The zero-order valence-corrected chi connectivity index (χ0v) is 11.9. The van der Waals surface area contributed by atoms with Crippen molar-refractivity contribution >= 4 is 0 Å². The summed E-state index contributed by atoms with van der Waals surface area (Å²) in [4.78, 5) is 2.68. The highest BCUT2D eigenvalue weighted by atomic mass is 15.1. The van der Waals surface area contributed by atoms with Gasteiger partial charge in [-0.1, -0.05) is 44.2 Å². The van der Waals surface area contributed by atoms with Crippen LogP contribution in [0.2, 0.25) is 0 Å². The third-order valence-electron chi connectivity index (χ3n) is 4.27. The van der Waals surface area contributed by atoms with Crippen molar-refractivity contribution in [3.63, 3.8) is 0 Å². The van der Waals surface area contributed by atoms with Crippen LogP contribution in [0.4, 0.5) is 0 Å². The lowest BCUT2D eigenvalue weighted by Crippen LogP contribution is -2.38. The fourth-order valence-corrected chi connectivity index (χ4v) is 2.99. The minimum atomic E-state index is 0.849. The Morgan fingerprint density at radius 2 is 2.00 bits per heavy atom. The zero-order chi connectivity index (χ0) is 12.8. The topological polar surface area (TPSA) is 3.24 Å². The Bertz CT molecular complexity index is 331. The molecule has 0 spiro atoms. The van der Waals surface area contributed by atoms with Gasteiger partial charge in [-0.2, -0.15) is 0 Å². The van der Waals surface area contributed by atoms with Crippen LogP contribution < -0.4 is 0 Å². The maximum absolute atomic E-state index is 2.68. The lowest BCUT2D eigenvalue weighted by molar-refractivity contribution is 0.144. The molecule has 100 valence electrons. The molecule has 1 aliphatic rings. The lowest BCUT2D eigenvalue weighted by atomic mass is 9.88. The van der Waals surface area contributed by atoms with Crippen molar-refractivity contribution in [1.29, 1.82) is 0 Å².